The highest BCUT2D eigenvalue weighted by molar-refractivity contribution is 5.79. The number of aryl methyl sites for hydroxylation is 1. The molecule has 1 aliphatic heterocycles. The molecule has 0 aliphatic carbocycles. The lowest BCUT2D eigenvalue weighted by atomic mass is 9.96. The predicted octanol–water partition coefficient (Wildman–Crippen LogP) is -0.174. The van der Waals surface area contributed by atoms with Gasteiger partial charge in [0.25, 0.3) is 0 Å². The third-order valence-corrected chi connectivity index (χ3v) is 4.36. The Morgan fingerprint density at radius 1 is 1.39 bits per heavy atom. The molecule has 8 heteroatoms. The zero-order valence-electron chi connectivity index (χ0n) is 14.0. The third kappa shape index (κ3) is 4.51. The number of nitrogens with one attached hydrogen (secondary N) is 1. The molecule has 0 spiro atoms. The molecule has 1 aliphatic rings. The largest absolute Gasteiger partial charge is 0.369 e. The molecule has 1 atom stereocenters. The van der Waals surface area contributed by atoms with Crippen LogP contribution in [0.4, 0.5) is 0 Å². The van der Waals surface area contributed by atoms with Gasteiger partial charge in [-0.3, -0.25) is 19.2 Å². The van der Waals surface area contributed by atoms with Crippen molar-refractivity contribution in [2.45, 2.75) is 32.7 Å². The minimum absolute atomic E-state index is 0.0378. The van der Waals surface area contributed by atoms with Crippen LogP contribution in [0.25, 0.3) is 0 Å². The molecule has 0 radical (unpaired) electrons. The van der Waals surface area contributed by atoms with Crippen LogP contribution in [0, 0.1) is 11.8 Å². The summed E-state index contributed by atoms with van der Waals surface area (Å²) in [4.78, 5) is 29.8. The zero-order chi connectivity index (χ0) is 17.0. The van der Waals surface area contributed by atoms with E-state index in [1.54, 1.807) is 4.68 Å². The van der Waals surface area contributed by atoms with Gasteiger partial charge in [0.05, 0.1) is 12.6 Å². The monoisotopic (exact) mass is 322 g/mol. The summed E-state index contributed by atoms with van der Waals surface area (Å²) in [6.07, 6.45) is 2.94. The lowest BCUT2D eigenvalue weighted by molar-refractivity contribution is -0.124. The van der Waals surface area contributed by atoms with Gasteiger partial charge < -0.3 is 11.1 Å². The van der Waals surface area contributed by atoms with Gasteiger partial charge in [0, 0.05) is 13.0 Å². The molecule has 0 bridgehead atoms. The Hall–Kier alpha value is -1.96. The highest BCUT2D eigenvalue weighted by Gasteiger charge is 2.26. The van der Waals surface area contributed by atoms with E-state index in [9.17, 15) is 9.59 Å². The topological polar surface area (TPSA) is 106 Å². The number of likely N-dealkylation sites (tertiary alicyclic amines) is 1. The van der Waals surface area contributed by atoms with E-state index in [4.69, 9.17) is 5.73 Å². The van der Waals surface area contributed by atoms with Crippen LogP contribution in [0.2, 0.25) is 0 Å². The predicted molar refractivity (Wildman–Crippen MR) is 85.1 cm³/mol. The molecule has 3 N–H and O–H groups in total. The summed E-state index contributed by atoms with van der Waals surface area (Å²) in [5.74, 6) is 0.625. The molecule has 2 rings (SSSR count). The maximum atomic E-state index is 12.3. The Balaban J connectivity index is 1.88. The van der Waals surface area contributed by atoms with Gasteiger partial charge in [0.15, 0.2) is 0 Å². The molecule has 1 fully saturated rings. The summed E-state index contributed by atoms with van der Waals surface area (Å²) in [5.41, 5.74) is 5.33. The number of primary amides is 1. The first-order valence-electron chi connectivity index (χ1n) is 8.03. The first-order valence-corrected chi connectivity index (χ1v) is 8.03. The number of carbonyl (C=O) groups is 2. The van der Waals surface area contributed by atoms with Crippen molar-refractivity contribution in [1.29, 1.82) is 0 Å². The third-order valence-electron chi connectivity index (χ3n) is 4.36. The van der Waals surface area contributed by atoms with E-state index < -0.39 is 0 Å². The molecule has 1 aromatic heterocycles. The van der Waals surface area contributed by atoms with Crippen LogP contribution >= 0.6 is 0 Å². The fourth-order valence-electron chi connectivity index (χ4n) is 2.91. The first kappa shape index (κ1) is 17.4. The number of nitrogens with zero attached hydrogens (tertiary/aromatic N) is 4. The van der Waals surface area contributed by atoms with Crippen molar-refractivity contribution >= 4 is 11.8 Å². The lowest BCUT2D eigenvalue weighted by Gasteiger charge is -2.30. The van der Waals surface area contributed by atoms with Gasteiger partial charge in [-0.1, -0.05) is 13.8 Å². The summed E-state index contributed by atoms with van der Waals surface area (Å²) < 4.78 is 1.68. The van der Waals surface area contributed by atoms with Crippen LogP contribution in [0.15, 0.2) is 6.33 Å². The standard InChI is InChI=1S/C15H26N6O2/c1-10(2)13(15-17-9-18-20(15)3)19-12(22)8-21-6-4-11(5-7-21)14(16)23/h9-11,13H,4-8H2,1-3H3,(H2,16,23)(H,19,22)/t13-/m0/s1. The number of hydrogen-bond donors (Lipinski definition) is 2. The Morgan fingerprint density at radius 3 is 2.52 bits per heavy atom. The molecule has 23 heavy (non-hydrogen) atoms. The van der Waals surface area contributed by atoms with E-state index in [-0.39, 0.29) is 29.7 Å². The van der Waals surface area contributed by atoms with Crippen LogP contribution in [0.5, 0.6) is 0 Å². The minimum Gasteiger partial charge on any atom is -0.369 e. The summed E-state index contributed by atoms with van der Waals surface area (Å²) in [7, 11) is 1.82. The van der Waals surface area contributed by atoms with Crippen molar-refractivity contribution in [3.63, 3.8) is 0 Å². The first-order chi connectivity index (χ1) is 10.9. The fraction of sp³-hybridized carbons (Fsp3) is 0.733. The minimum atomic E-state index is -0.240. The summed E-state index contributed by atoms with van der Waals surface area (Å²) in [6, 6.07) is -0.168. The Morgan fingerprint density at radius 2 is 2.04 bits per heavy atom. The van der Waals surface area contributed by atoms with Crippen LogP contribution in [0.1, 0.15) is 38.6 Å². The van der Waals surface area contributed by atoms with Crippen LogP contribution in [0.3, 0.4) is 0 Å². The normalized spacial score (nSPS) is 18.1. The van der Waals surface area contributed by atoms with Crippen molar-refractivity contribution in [2.24, 2.45) is 24.6 Å². The van der Waals surface area contributed by atoms with Crippen molar-refractivity contribution < 1.29 is 9.59 Å². The SMILES string of the molecule is CC(C)[C@H](NC(=O)CN1CCC(C(N)=O)CC1)c1ncnn1C. The number of carbonyl (C=O) groups excluding carboxylic acids is 2. The van der Waals surface area contributed by atoms with Gasteiger partial charge in [-0.05, 0) is 31.8 Å². The smallest absolute Gasteiger partial charge is 0.234 e. The van der Waals surface area contributed by atoms with E-state index in [0.717, 1.165) is 31.8 Å². The molecule has 128 valence electrons. The maximum Gasteiger partial charge on any atom is 0.234 e. The van der Waals surface area contributed by atoms with Gasteiger partial charge in [0.2, 0.25) is 11.8 Å². The van der Waals surface area contributed by atoms with E-state index in [1.807, 2.05) is 20.9 Å². The zero-order valence-corrected chi connectivity index (χ0v) is 14.0. The number of hydrogen-bond acceptors (Lipinski definition) is 5. The molecular formula is C15H26N6O2. The number of aromatic nitrogens is 3. The second-order valence-electron chi connectivity index (χ2n) is 6.48. The van der Waals surface area contributed by atoms with E-state index in [0.29, 0.717) is 6.54 Å². The Bertz CT molecular complexity index is 548. The quantitative estimate of drug-likeness (QED) is 0.756. The number of nitrogens with two attached hydrogens (primary N) is 1. The molecule has 0 aromatic carbocycles. The summed E-state index contributed by atoms with van der Waals surface area (Å²) in [5, 5.41) is 7.11. The van der Waals surface area contributed by atoms with Crippen molar-refractivity contribution in [1.82, 2.24) is 25.0 Å². The van der Waals surface area contributed by atoms with Crippen LogP contribution in [-0.2, 0) is 16.6 Å². The molecule has 1 aromatic rings. The van der Waals surface area contributed by atoms with Crippen molar-refractivity contribution in [2.75, 3.05) is 19.6 Å². The molecule has 0 unspecified atom stereocenters. The van der Waals surface area contributed by atoms with E-state index >= 15 is 0 Å². The van der Waals surface area contributed by atoms with Crippen molar-refractivity contribution in [3.05, 3.63) is 12.2 Å². The van der Waals surface area contributed by atoms with E-state index in [1.165, 1.54) is 6.33 Å². The van der Waals surface area contributed by atoms with Gasteiger partial charge in [-0.15, -0.1) is 0 Å². The second kappa shape index (κ2) is 7.54. The van der Waals surface area contributed by atoms with Gasteiger partial charge >= 0.3 is 0 Å². The highest BCUT2D eigenvalue weighted by atomic mass is 16.2. The summed E-state index contributed by atoms with van der Waals surface area (Å²) in [6.45, 7) is 5.84. The van der Waals surface area contributed by atoms with E-state index in [2.05, 4.69) is 20.3 Å². The van der Waals surface area contributed by atoms with Gasteiger partial charge in [-0.25, -0.2) is 4.98 Å². The molecular weight excluding hydrogens is 296 g/mol. The Labute approximate surface area is 136 Å². The average Bonchev–Trinajstić information content (AvgIpc) is 2.91. The molecule has 2 heterocycles. The second-order valence-corrected chi connectivity index (χ2v) is 6.48. The van der Waals surface area contributed by atoms with Gasteiger partial charge in [0.1, 0.15) is 12.2 Å². The molecule has 1 saturated heterocycles. The molecule has 0 saturated carbocycles. The Kier molecular flexibility index (Phi) is 5.70. The molecule has 8 nitrogen and oxygen atoms in total. The fourth-order valence-corrected chi connectivity index (χ4v) is 2.91. The lowest BCUT2D eigenvalue weighted by Crippen LogP contribution is -2.45. The summed E-state index contributed by atoms with van der Waals surface area (Å²) >= 11 is 0. The molecule has 2 amide bonds. The van der Waals surface area contributed by atoms with Crippen molar-refractivity contribution in [3.8, 4) is 0 Å². The number of piperidine rings is 1. The van der Waals surface area contributed by atoms with Crippen LogP contribution in [-0.4, -0.2) is 51.1 Å². The van der Waals surface area contributed by atoms with Gasteiger partial charge in [-0.2, -0.15) is 5.10 Å². The highest BCUT2D eigenvalue weighted by Crippen LogP contribution is 2.19. The number of rotatable bonds is 6. The maximum absolute atomic E-state index is 12.3. The van der Waals surface area contributed by atoms with Crippen LogP contribution < -0.4 is 11.1 Å². The number of amides is 2. The average molecular weight is 322 g/mol.